The molecule has 1 aliphatic carbocycles. The first kappa shape index (κ1) is 20.5. The molecule has 1 atom stereocenters. The van der Waals surface area contributed by atoms with E-state index >= 15 is 0 Å². The highest BCUT2D eigenvalue weighted by Crippen LogP contribution is 2.42. The Bertz CT molecular complexity index is 894. The fraction of sp³-hybridized carbons (Fsp3) is 0.550. The smallest absolute Gasteiger partial charge is 0.370 e. The van der Waals surface area contributed by atoms with E-state index in [4.69, 9.17) is 0 Å². The standard InChI is InChI=1S/C20H23F3N4O3/c1-19(12-4-5-12)17(29)27(18(30)25-19)11-16(28)24-14-10-13(20(21,22)23)6-7-15(14)26-8-2-3-9-26/h6-7,10,12H,2-5,8-9,11H2,1H3,(H,24,28)(H,25,30). The van der Waals surface area contributed by atoms with Crippen LogP contribution in [-0.4, -0.2) is 47.9 Å². The van der Waals surface area contributed by atoms with Gasteiger partial charge in [-0.3, -0.25) is 14.5 Å². The van der Waals surface area contributed by atoms with E-state index in [1.165, 1.54) is 6.07 Å². The van der Waals surface area contributed by atoms with Crippen LogP contribution in [0.4, 0.5) is 29.3 Å². The second-order valence-electron chi connectivity index (χ2n) is 8.27. The molecular formula is C20H23F3N4O3. The number of carbonyl (C=O) groups is 3. The maximum absolute atomic E-state index is 13.2. The van der Waals surface area contributed by atoms with Gasteiger partial charge in [0.1, 0.15) is 12.1 Å². The molecule has 4 rings (SSSR count). The predicted molar refractivity (Wildman–Crippen MR) is 103 cm³/mol. The maximum atomic E-state index is 13.2. The minimum absolute atomic E-state index is 0.0220. The summed E-state index contributed by atoms with van der Waals surface area (Å²) in [5.74, 6) is -1.15. The summed E-state index contributed by atoms with van der Waals surface area (Å²) in [4.78, 5) is 40.3. The minimum Gasteiger partial charge on any atom is -0.370 e. The van der Waals surface area contributed by atoms with Gasteiger partial charge in [0.2, 0.25) is 5.91 Å². The minimum atomic E-state index is -4.56. The number of nitrogens with one attached hydrogen (secondary N) is 2. The molecule has 10 heteroatoms. The first-order valence-electron chi connectivity index (χ1n) is 10.00. The first-order valence-corrected chi connectivity index (χ1v) is 10.00. The van der Waals surface area contributed by atoms with Crippen LogP contribution in [-0.2, 0) is 15.8 Å². The molecule has 162 valence electrons. The van der Waals surface area contributed by atoms with Crippen molar-refractivity contribution in [2.45, 2.75) is 44.3 Å². The molecule has 1 aromatic carbocycles. The number of carbonyl (C=O) groups excluding carboxylic acids is 3. The fourth-order valence-electron chi connectivity index (χ4n) is 4.18. The number of hydrogen-bond donors (Lipinski definition) is 2. The highest BCUT2D eigenvalue weighted by atomic mass is 19.4. The number of halogens is 3. The third-order valence-corrected chi connectivity index (χ3v) is 6.04. The van der Waals surface area contributed by atoms with Crippen LogP contribution in [0.25, 0.3) is 0 Å². The van der Waals surface area contributed by atoms with Crippen LogP contribution >= 0.6 is 0 Å². The molecule has 2 aliphatic heterocycles. The monoisotopic (exact) mass is 424 g/mol. The number of alkyl halides is 3. The SMILES string of the molecule is CC1(C2CC2)NC(=O)N(CC(=O)Nc2cc(C(F)(F)F)ccc2N2CCCC2)C1=O. The summed E-state index contributed by atoms with van der Waals surface area (Å²) in [5, 5.41) is 5.13. The van der Waals surface area contributed by atoms with Gasteiger partial charge in [0.05, 0.1) is 16.9 Å². The second kappa shape index (κ2) is 7.17. The van der Waals surface area contributed by atoms with Gasteiger partial charge >= 0.3 is 12.2 Å². The summed E-state index contributed by atoms with van der Waals surface area (Å²) in [7, 11) is 0. The zero-order valence-corrected chi connectivity index (χ0v) is 16.5. The van der Waals surface area contributed by atoms with Crippen molar-refractivity contribution in [2.75, 3.05) is 29.9 Å². The summed E-state index contributed by atoms with van der Waals surface area (Å²) >= 11 is 0. The molecule has 0 bridgehead atoms. The van der Waals surface area contributed by atoms with Gasteiger partial charge in [0.25, 0.3) is 5.91 Å². The van der Waals surface area contributed by atoms with E-state index in [0.717, 1.165) is 42.7 Å². The number of rotatable bonds is 5. The molecular weight excluding hydrogens is 401 g/mol. The van der Waals surface area contributed by atoms with Gasteiger partial charge < -0.3 is 15.5 Å². The molecule has 0 spiro atoms. The number of imide groups is 1. The van der Waals surface area contributed by atoms with E-state index in [-0.39, 0.29) is 11.6 Å². The zero-order valence-electron chi connectivity index (χ0n) is 16.5. The van der Waals surface area contributed by atoms with Gasteiger partial charge in [-0.2, -0.15) is 13.2 Å². The topological polar surface area (TPSA) is 81.8 Å². The summed E-state index contributed by atoms with van der Waals surface area (Å²) in [6.45, 7) is 2.45. The zero-order chi connectivity index (χ0) is 21.7. The van der Waals surface area contributed by atoms with Crippen molar-refractivity contribution in [2.24, 2.45) is 5.92 Å². The second-order valence-corrected chi connectivity index (χ2v) is 8.27. The van der Waals surface area contributed by atoms with Crippen LogP contribution in [0.15, 0.2) is 18.2 Å². The Morgan fingerprint density at radius 2 is 1.90 bits per heavy atom. The first-order chi connectivity index (χ1) is 14.1. The molecule has 2 heterocycles. The van der Waals surface area contributed by atoms with Crippen LogP contribution in [0.3, 0.4) is 0 Å². The normalized spacial score (nSPS) is 24.4. The van der Waals surface area contributed by atoms with Gasteiger partial charge in [0, 0.05) is 13.1 Å². The van der Waals surface area contributed by atoms with Crippen molar-refractivity contribution in [1.82, 2.24) is 10.2 Å². The Balaban J connectivity index is 1.53. The van der Waals surface area contributed by atoms with Crippen molar-refractivity contribution in [3.05, 3.63) is 23.8 Å². The third-order valence-electron chi connectivity index (χ3n) is 6.04. The lowest BCUT2D eigenvalue weighted by Gasteiger charge is -2.23. The van der Waals surface area contributed by atoms with Gasteiger partial charge in [0.15, 0.2) is 0 Å². The molecule has 0 radical (unpaired) electrons. The van der Waals surface area contributed by atoms with Gasteiger partial charge in [-0.25, -0.2) is 4.79 Å². The summed E-state index contributed by atoms with van der Waals surface area (Å²) < 4.78 is 39.5. The van der Waals surface area contributed by atoms with E-state index in [9.17, 15) is 27.6 Å². The molecule has 3 fully saturated rings. The largest absolute Gasteiger partial charge is 0.416 e. The Morgan fingerprint density at radius 3 is 2.50 bits per heavy atom. The molecule has 2 N–H and O–H groups in total. The molecule has 1 saturated carbocycles. The summed E-state index contributed by atoms with van der Waals surface area (Å²) in [5.41, 5.74) is -1.38. The fourth-order valence-corrected chi connectivity index (χ4v) is 4.18. The molecule has 1 aromatic rings. The van der Waals surface area contributed by atoms with E-state index in [1.54, 1.807) is 6.92 Å². The van der Waals surface area contributed by atoms with Crippen molar-refractivity contribution >= 4 is 29.2 Å². The lowest BCUT2D eigenvalue weighted by Crippen LogP contribution is -2.46. The maximum Gasteiger partial charge on any atom is 0.416 e. The van der Waals surface area contributed by atoms with Gasteiger partial charge in [-0.05, 0) is 56.7 Å². The molecule has 0 aromatic heterocycles. The molecule has 2 saturated heterocycles. The average molecular weight is 424 g/mol. The highest BCUT2D eigenvalue weighted by molar-refractivity contribution is 6.10. The van der Waals surface area contributed by atoms with E-state index in [2.05, 4.69) is 10.6 Å². The number of amides is 4. The van der Waals surface area contributed by atoms with Crippen molar-refractivity contribution < 1.29 is 27.6 Å². The van der Waals surface area contributed by atoms with Crippen molar-refractivity contribution in [3.63, 3.8) is 0 Å². The van der Waals surface area contributed by atoms with Crippen molar-refractivity contribution in [3.8, 4) is 0 Å². The van der Waals surface area contributed by atoms with Gasteiger partial charge in [-0.1, -0.05) is 0 Å². The molecule has 4 amide bonds. The molecule has 7 nitrogen and oxygen atoms in total. The number of hydrogen-bond acceptors (Lipinski definition) is 4. The third kappa shape index (κ3) is 3.70. The van der Waals surface area contributed by atoms with E-state index < -0.39 is 41.7 Å². The average Bonchev–Trinajstić information content (AvgIpc) is 3.35. The number of nitrogens with zero attached hydrogens (tertiary/aromatic N) is 2. The Labute approximate surface area is 171 Å². The lowest BCUT2D eigenvalue weighted by atomic mass is 9.96. The number of urea groups is 1. The highest BCUT2D eigenvalue weighted by Gasteiger charge is 2.56. The van der Waals surface area contributed by atoms with Crippen molar-refractivity contribution in [1.29, 1.82) is 0 Å². The van der Waals surface area contributed by atoms with E-state index in [0.29, 0.717) is 18.8 Å². The summed E-state index contributed by atoms with van der Waals surface area (Å²) in [6.07, 6.45) is -1.08. The lowest BCUT2D eigenvalue weighted by molar-refractivity contribution is -0.137. The Hall–Kier alpha value is -2.78. The van der Waals surface area contributed by atoms with E-state index in [1.807, 2.05) is 4.90 Å². The molecule has 3 aliphatic rings. The summed E-state index contributed by atoms with van der Waals surface area (Å²) in [6, 6.07) is 2.57. The van der Waals surface area contributed by atoms with Gasteiger partial charge in [-0.15, -0.1) is 0 Å². The van der Waals surface area contributed by atoms with Crippen LogP contribution in [0, 0.1) is 5.92 Å². The quantitative estimate of drug-likeness (QED) is 0.713. The Morgan fingerprint density at radius 1 is 1.23 bits per heavy atom. The molecule has 1 unspecified atom stereocenters. The van der Waals surface area contributed by atoms with Crippen LogP contribution < -0.4 is 15.5 Å². The van der Waals surface area contributed by atoms with Crippen LogP contribution in [0.2, 0.25) is 0 Å². The van der Waals surface area contributed by atoms with Crippen LogP contribution in [0.1, 0.15) is 38.2 Å². The predicted octanol–water partition coefficient (Wildman–Crippen LogP) is 2.96. The van der Waals surface area contributed by atoms with Crippen LogP contribution in [0.5, 0.6) is 0 Å². The molecule has 30 heavy (non-hydrogen) atoms. The Kier molecular flexibility index (Phi) is 4.90. The number of benzene rings is 1. The number of anilines is 2.